The third-order valence-corrected chi connectivity index (χ3v) is 3.53. The van der Waals surface area contributed by atoms with Gasteiger partial charge in [0.1, 0.15) is 11.8 Å². The van der Waals surface area contributed by atoms with Crippen molar-refractivity contribution < 1.29 is 19.0 Å². The van der Waals surface area contributed by atoms with E-state index in [-0.39, 0.29) is 12.4 Å². The molecule has 0 atom stereocenters. The van der Waals surface area contributed by atoms with Gasteiger partial charge in [0, 0.05) is 0 Å². The standard InChI is InChI=1S/C20H19NO4/c1-14-4-8-18(23-2)16(12-14)17(22)7-5-15-6-9-19(25-11-10-21)20(13-15)24-3/h4-9,12-13H,11H2,1-3H3/b7-5+. The number of benzene rings is 2. The predicted molar refractivity (Wildman–Crippen MR) is 95.2 cm³/mol. The minimum absolute atomic E-state index is 0.0583. The molecule has 0 saturated carbocycles. The number of nitriles is 1. The van der Waals surface area contributed by atoms with Gasteiger partial charge in [-0.3, -0.25) is 4.79 Å². The number of rotatable bonds is 7. The second kappa shape index (κ2) is 8.55. The van der Waals surface area contributed by atoms with Gasteiger partial charge in [-0.15, -0.1) is 0 Å². The molecule has 2 aromatic carbocycles. The van der Waals surface area contributed by atoms with E-state index in [4.69, 9.17) is 19.5 Å². The van der Waals surface area contributed by atoms with Crippen LogP contribution in [0.3, 0.4) is 0 Å². The lowest BCUT2D eigenvalue weighted by Gasteiger charge is -2.09. The molecule has 5 heteroatoms. The second-order valence-electron chi connectivity index (χ2n) is 5.26. The van der Waals surface area contributed by atoms with Crippen LogP contribution < -0.4 is 14.2 Å². The molecule has 0 aliphatic rings. The molecule has 0 amide bonds. The van der Waals surface area contributed by atoms with Gasteiger partial charge < -0.3 is 14.2 Å². The van der Waals surface area contributed by atoms with Crippen molar-refractivity contribution in [2.24, 2.45) is 0 Å². The average Bonchev–Trinajstić information content (AvgIpc) is 2.64. The third kappa shape index (κ3) is 4.61. The van der Waals surface area contributed by atoms with E-state index in [1.807, 2.05) is 19.1 Å². The SMILES string of the molecule is COc1cc(/C=C/C(=O)c2cc(C)ccc2OC)ccc1OCC#N. The summed E-state index contributed by atoms with van der Waals surface area (Å²) in [6.07, 6.45) is 3.18. The van der Waals surface area contributed by atoms with Crippen molar-refractivity contribution in [3.05, 3.63) is 59.2 Å². The maximum Gasteiger partial charge on any atom is 0.189 e. The molecule has 0 aliphatic heterocycles. The average molecular weight is 337 g/mol. The first-order valence-corrected chi connectivity index (χ1v) is 7.64. The number of aryl methyl sites for hydroxylation is 1. The Labute approximate surface area is 147 Å². The molecule has 0 bridgehead atoms. The number of hydrogen-bond acceptors (Lipinski definition) is 5. The lowest BCUT2D eigenvalue weighted by atomic mass is 10.1. The lowest BCUT2D eigenvalue weighted by molar-refractivity contribution is 0.104. The zero-order valence-corrected chi connectivity index (χ0v) is 14.4. The van der Waals surface area contributed by atoms with Crippen molar-refractivity contribution in [1.82, 2.24) is 0 Å². The molecule has 0 aliphatic carbocycles. The zero-order valence-electron chi connectivity index (χ0n) is 14.4. The lowest BCUT2D eigenvalue weighted by Crippen LogP contribution is -1.99. The van der Waals surface area contributed by atoms with Gasteiger partial charge in [0.2, 0.25) is 0 Å². The minimum atomic E-state index is -0.149. The molecule has 128 valence electrons. The van der Waals surface area contributed by atoms with Crippen molar-refractivity contribution in [2.45, 2.75) is 6.92 Å². The van der Waals surface area contributed by atoms with Crippen molar-refractivity contribution >= 4 is 11.9 Å². The summed E-state index contributed by atoms with van der Waals surface area (Å²) in [5.41, 5.74) is 2.28. The second-order valence-corrected chi connectivity index (χ2v) is 5.26. The third-order valence-electron chi connectivity index (χ3n) is 3.53. The van der Waals surface area contributed by atoms with Crippen LogP contribution >= 0.6 is 0 Å². The molecule has 0 aromatic heterocycles. The summed E-state index contributed by atoms with van der Waals surface area (Å²) in [5.74, 6) is 1.37. The van der Waals surface area contributed by atoms with Gasteiger partial charge in [-0.25, -0.2) is 0 Å². The minimum Gasteiger partial charge on any atom is -0.496 e. The van der Waals surface area contributed by atoms with Crippen LogP contribution in [0.15, 0.2) is 42.5 Å². The summed E-state index contributed by atoms with van der Waals surface area (Å²) < 4.78 is 15.8. The molecule has 25 heavy (non-hydrogen) atoms. The van der Waals surface area contributed by atoms with Crippen LogP contribution in [-0.4, -0.2) is 26.6 Å². The number of allylic oxidation sites excluding steroid dienone is 1. The summed E-state index contributed by atoms with van der Waals surface area (Å²) in [5, 5.41) is 8.59. The van der Waals surface area contributed by atoms with Gasteiger partial charge in [0.15, 0.2) is 23.9 Å². The molecule has 2 rings (SSSR count). The van der Waals surface area contributed by atoms with Crippen LogP contribution in [-0.2, 0) is 0 Å². The van der Waals surface area contributed by atoms with Crippen molar-refractivity contribution in [2.75, 3.05) is 20.8 Å². The summed E-state index contributed by atoms with van der Waals surface area (Å²) >= 11 is 0. The first-order chi connectivity index (χ1) is 12.1. The van der Waals surface area contributed by atoms with Gasteiger partial charge in [-0.2, -0.15) is 5.26 Å². The largest absolute Gasteiger partial charge is 0.496 e. The van der Waals surface area contributed by atoms with E-state index in [1.54, 1.807) is 36.4 Å². The Bertz CT molecular complexity index is 834. The molecule has 0 unspecified atom stereocenters. The Balaban J connectivity index is 2.23. The number of ketones is 1. The highest BCUT2D eigenvalue weighted by Crippen LogP contribution is 2.28. The molecule has 0 spiro atoms. The van der Waals surface area contributed by atoms with E-state index in [0.717, 1.165) is 11.1 Å². The fourth-order valence-electron chi connectivity index (χ4n) is 2.29. The Hall–Kier alpha value is -3.26. The summed E-state index contributed by atoms with van der Waals surface area (Å²) in [6.45, 7) is 1.86. The molecular formula is C20H19NO4. The first-order valence-electron chi connectivity index (χ1n) is 7.64. The number of carbonyl (C=O) groups is 1. The van der Waals surface area contributed by atoms with Gasteiger partial charge in [-0.05, 0) is 42.8 Å². The number of methoxy groups -OCH3 is 2. The van der Waals surface area contributed by atoms with Crippen molar-refractivity contribution in [1.29, 1.82) is 5.26 Å². The van der Waals surface area contributed by atoms with Crippen LogP contribution in [0.1, 0.15) is 21.5 Å². The molecule has 2 aromatic rings. The van der Waals surface area contributed by atoms with E-state index in [0.29, 0.717) is 22.8 Å². The van der Waals surface area contributed by atoms with Crippen LogP contribution in [0.25, 0.3) is 6.08 Å². The molecule has 0 radical (unpaired) electrons. The Morgan fingerprint density at radius 1 is 1.08 bits per heavy atom. The molecule has 0 N–H and O–H groups in total. The van der Waals surface area contributed by atoms with E-state index < -0.39 is 0 Å². The molecular weight excluding hydrogens is 318 g/mol. The quantitative estimate of drug-likeness (QED) is 0.567. The normalized spacial score (nSPS) is 10.3. The van der Waals surface area contributed by atoms with Crippen molar-refractivity contribution in [3.8, 4) is 23.3 Å². The predicted octanol–water partition coefficient (Wildman–Crippen LogP) is 3.81. The molecule has 0 heterocycles. The van der Waals surface area contributed by atoms with Crippen molar-refractivity contribution in [3.63, 3.8) is 0 Å². The van der Waals surface area contributed by atoms with E-state index in [2.05, 4.69) is 0 Å². The van der Waals surface area contributed by atoms with Gasteiger partial charge >= 0.3 is 0 Å². The highest BCUT2D eigenvalue weighted by atomic mass is 16.5. The van der Waals surface area contributed by atoms with E-state index in [1.165, 1.54) is 20.3 Å². The highest BCUT2D eigenvalue weighted by molar-refractivity contribution is 6.08. The van der Waals surface area contributed by atoms with Gasteiger partial charge in [-0.1, -0.05) is 23.8 Å². The van der Waals surface area contributed by atoms with Crippen LogP contribution in [0.2, 0.25) is 0 Å². The first kappa shape index (κ1) is 18.1. The van der Waals surface area contributed by atoms with Gasteiger partial charge in [0.05, 0.1) is 19.8 Å². The van der Waals surface area contributed by atoms with Crippen LogP contribution in [0.4, 0.5) is 0 Å². The Kier molecular flexibility index (Phi) is 6.19. The molecule has 0 saturated heterocycles. The van der Waals surface area contributed by atoms with Crippen LogP contribution in [0.5, 0.6) is 17.2 Å². The number of hydrogen-bond donors (Lipinski definition) is 0. The summed E-state index contributed by atoms with van der Waals surface area (Å²) in [6, 6.07) is 12.6. The fourth-order valence-corrected chi connectivity index (χ4v) is 2.29. The topological polar surface area (TPSA) is 68.6 Å². The zero-order chi connectivity index (χ0) is 18.2. The van der Waals surface area contributed by atoms with Gasteiger partial charge in [0.25, 0.3) is 0 Å². The number of nitrogens with zero attached hydrogens (tertiary/aromatic N) is 1. The van der Waals surface area contributed by atoms with E-state index >= 15 is 0 Å². The molecule has 0 fully saturated rings. The Morgan fingerprint density at radius 3 is 2.48 bits per heavy atom. The van der Waals surface area contributed by atoms with Crippen LogP contribution in [0, 0.1) is 18.3 Å². The maximum absolute atomic E-state index is 12.5. The highest BCUT2D eigenvalue weighted by Gasteiger charge is 2.10. The summed E-state index contributed by atoms with van der Waals surface area (Å²) in [4.78, 5) is 12.5. The molecule has 5 nitrogen and oxygen atoms in total. The fraction of sp³-hybridized carbons (Fsp3) is 0.200. The van der Waals surface area contributed by atoms with E-state index in [9.17, 15) is 4.79 Å². The smallest absolute Gasteiger partial charge is 0.189 e. The Morgan fingerprint density at radius 2 is 1.80 bits per heavy atom. The summed E-state index contributed by atoms with van der Waals surface area (Å²) in [7, 11) is 3.06. The number of ether oxygens (including phenoxy) is 3. The monoisotopic (exact) mass is 337 g/mol. The number of carbonyl (C=O) groups excluding carboxylic acids is 1. The maximum atomic E-state index is 12.5.